The first-order valence-electron chi connectivity index (χ1n) is 6.96. The molecule has 4 N–H and O–H groups in total. The molecule has 0 bridgehead atoms. The highest BCUT2D eigenvalue weighted by Crippen LogP contribution is 2.12. The number of nitrogens with one attached hydrogen (secondary N) is 2. The van der Waals surface area contributed by atoms with Crippen molar-refractivity contribution in [1.82, 2.24) is 19.9 Å². The van der Waals surface area contributed by atoms with E-state index in [4.69, 9.17) is 10.2 Å². The Morgan fingerprint density at radius 3 is 1.65 bits per heavy atom. The van der Waals surface area contributed by atoms with Gasteiger partial charge in [-0.15, -0.1) is 0 Å². The second kappa shape index (κ2) is 7.82. The van der Waals surface area contributed by atoms with E-state index >= 15 is 0 Å². The Balaban J connectivity index is 1.93. The molecule has 2 rings (SSSR count). The van der Waals surface area contributed by atoms with Gasteiger partial charge in [0.1, 0.15) is 24.7 Å². The van der Waals surface area contributed by atoms with E-state index < -0.39 is 11.9 Å². The third kappa shape index (κ3) is 5.02. The van der Waals surface area contributed by atoms with Crippen LogP contribution in [0, 0.1) is 0 Å². The Morgan fingerprint density at radius 1 is 0.913 bits per heavy atom. The molecule has 0 spiro atoms. The number of rotatable bonds is 10. The Morgan fingerprint density at radius 2 is 1.35 bits per heavy atom. The van der Waals surface area contributed by atoms with Gasteiger partial charge in [0.15, 0.2) is 0 Å². The van der Waals surface area contributed by atoms with Gasteiger partial charge in [0.25, 0.3) is 0 Å². The van der Waals surface area contributed by atoms with Crippen LogP contribution in [0.15, 0.2) is 25.0 Å². The summed E-state index contributed by atoms with van der Waals surface area (Å²) in [5.41, 5.74) is 0. The van der Waals surface area contributed by atoms with Crippen LogP contribution in [-0.2, 0) is 9.59 Å². The van der Waals surface area contributed by atoms with Gasteiger partial charge in [-0.25, -0.2) is 9.97 Å². The number of carbonyl (C=O) groups is 2. The zero-order valence-corrected chi connectivity index (χ0v) is 12.3. The molecule has 0 aliphatic heterocycles. The molecule has 0 unspecified atom stereocenters. The van der Waals surface area contributed by atoms with Crippen LogP contribution in [0.2, 0.25) is 0 Å². The van der Waals surface area contributed by atoms with Gasteiger partial charge in [0.2, 0.25) is 0 Å². The number of aromatic amines is 2. The first-order valence-corrected chi connectivity index (χ1v) is 6.96. The van der Waals surface area contributed by atoms with Crippen molar-refractivity contribution >= 4 is 23.6 Å². The van der Waals surface area contributed by atoms with Gasteiger partial charge in [-0.05, 0) is 6.42 Å². The molecule has 2 heterocycles. The second-order valence-corrected chi connectivity index (χ2v) is 4.86. The Kier molecular flexibility index (Phi) is 5.56. The zero-order valence-electron chi connectivity index (χ0n) is 12.3. The second-order valence-electron chi connectivity index (χ2n) is 4.86. The topological polar surface area (TPSA) is 138 Å². The summed E-state index contributed by atoms with van der Waals surface area (Å²) >= 11 is 0. The fourth-order valence-electron chi connectivity index (χ4n) is 2.19. The van der Waals surface area contributed by atoms with E-state index in [1.165, 1.54) is 12.7 Å². The normalized spacial score (nSPS) is 10.4. The molecule has 0 saturated carbocycles. The molecule has 2 aromatic heterocycles. The van der Waals surface area contributed by atoms with Crippen LogP contribution >= 0.6 is 0 Å². The van der Waals surface area contributed by atoms with Crippen LogP contribution in [0.4, 0.5) is 11.6 Å². The van der Waals surface area contributed by atoms with E-state index in [2.05, 4.69) is 19.9 Å². The molecular weight excluding hydrogens is 304 g/mol. The number of hydrogen-bond donors (Lipinski definition) is 4. The summed E-state index contributed by atoms with van der Waals surface area (Å²) < 4.78 is 0. The first kappa shape index (κ1) is 16.3. The molecule has 0 aromatic carbocycles. The Hall–Kier alpha value is -3.04. The largest absolute Gasteiger partial charge is 0.480 e. The number of nitrogens with zero attached hydrogens (tertiary/aromatic N) is 4. The summed E-state index contributed by atoms with van der Waals surface area (Å²) in [4.78, 5) is 38.7. The molecule has 10 heteroatoms. The van der Waals surface area contributed by atoms with E-state index in [1.54, 1.807) is 22.2 Å². The molecule has 0 atom stereocenters. The number of carboxylic acid groups (broad SMARTS) is 2. The molecule has 0 aliphatic rings. The van der Waals surface area contributed by atoms with Crippen LogP contribution < -0.4 is 9.80 Å². The standard InChI is InChI=1S/C13H18N6O4/c20-12(21)6-18(10-4-14-8-16-10)2-1-3-19(7-13(22)23)11-5-15-9-17-11/h4-5,8-9H,1-3,6-7H2,(H,14,16)(H,15,17)(H,20,21)(H,22,23). The maximum Gasteiger partial charge on any atom is 0.323 e. The van der Waals surface area contributed by atoms with Crippen molar-refractivity contribution in [3.05, 3.63) is 25.0 Å². The lowest BCUT2D eigenvalue weighted by molar-refractivity contribution is -0.136. The van der Waals surface area contributed by atoms with Gasteiger partial charge in [-0.2, -0.15) is 0 Å². The number of aromatic nitrogens is 4. The van der Waals surface area contributed by atoms with Gasteiger partial charge in [0, 0.05) is 13.1 Å². The fourth-order valence-corrected chi connectivity index (χ4v) is 2.19. The summed E-state index contributed by atoms with van der Waals surface area (Å²) in [5.74, 6) is -0.677. The predicted octanol–water partition coefficient (Wildman–Crippen LogP) is 0.00510. The number of aliphatic carboxylic acids is 2. The first-order chi connectivity index (χ1) is 11.1. The predicted molar refractivity (Wildman–Crippen MR) is 81.5 cm³/mol. The van der Waals surface area contributed by atoms with Gasteiger partial charge in [0.05, 0.1) is 25.0 Å². The quantitative estimate of drug-likeness (QED) is 0.479. The lowest BCUT2D eigenvalue weighted by atomic mass is 10.3. The smallest absolute Gasteiger partial charge is 0.323 e. The Labute approximate surface area is 131 Å². The number of H-pyrrole nitrogens is 2. The zero-order chi connectivity index (χ0) is 16.7. The number of anilines is 2. The molecule has 0 amide bonds. The summed E-state index contributed by atoms with van der Waals surface area (Å²) in [6.07, 6.45) is 6.62. The Bertz CT molecular complexity index is 558. The molecule has 0 aliphatic carbocycles. The van der Waals surface area contributed by atoms with Crippen LogP contribution in [0.3, 0.4) is 0 Å². The number of imidazole rings is 2. The van der Waals surface area contributed by atoms with Gasteiger partial charge in [-0.3, -0.25) is 9.59 Å². The fraction of sp³-hybridized carbons (Fsp3) is 0.385. The molecule has 23 heavy (non-hydrogen) atoms. The average molecular weight is 322 g/mol. The maximum atomic E-state index is 11.0. The van der Waals surface area contributed by atoms with E-state index in [0.29, 0.717) is 31.1 Å². The summed E-state index contributed by atoms with van der Waals surface area (Å²) in [6.45, 7) is 0.563. The molecule has 0 saturated heterocycles. The van der Waals surface area contributed by atoms with Crippen LogP contribution in [0.1, 0.15) is 6.42 Å². The summed E-state index contributed by atoms with van der Waals surface area (Å²) in [6, 6.07) is 0. The van der Waals surface area contributed by atoms with Gasteiger partial charge < -0.3 is 30.0 Å². The summed E-state index contributed by atoms with van der Waals surface area (Å²) in [5, 5.41) is 18.0. The van der Waals surface area contributed by atoms with Crippen molar-refractivity contribution < 1.29 is 19.8 Å². The average Bonchev–Trinajstić information content (AvgIpc) is 3.17. The monoisotopic (exact) mass is 322 g/mol. The molecule has 2 aromatic rings. The van der Waals surface area contributed by atoms with Crippen LogP contribution in [0.5, 0.6) is 0 Å². The van der Waals surface area contributed by atoms with E-state index in [0.717, 1.165) is 0 Å². The van der Waals surface area contributed by atoms with Crippen LogP contribution in [-0.4, -0.2) is 68.3 Å². The molecule has 124 valence electrons. The van der Waals surface area contributed by atoms with Crippen molar-refractivity contribution in [2.24, 2.45) is 0 Å². The van der Waals surface area contributed by atoms with E-state index in [9.17, 15) is 9.59 Å². The van der Waals surface area contributed by atoms with E-state index in [-0.39, 0.29) is 13.1 Å². The molecular formula is C13H18N6O4. The lowest BCUT2D eigenvalue weighted by Gasteiger charge is -2.24. The van der Waals surface area contributed by atoms with Crippen molar-refractivity contribution in [2.45, 2.75) is 6.42 Å². The highest BCUT2D eigenvalue weighted by molar-refractivity contribution is 5.73. The van der Waals surface area contributed by atoms with E-state index in [1.807, 2.05) is 0 Å². The number of carboxylic acids is 2. The molecule has 0 fully saturated rings. The minimum Gasteiger partial charge on any atom is -0.480 e. The van der Waals surface area contributed by atoms with Gasteiger partial charge in [-0.1, -0.05) is 0 Å². The van der Waals surface area contributed by atoms with Crippen molar-refractivity contribution in [2.75, 3.05) is 36.0 Å². The van der Waals surface area contributed by atoms with Crippen molar-refractivity contribution in [1.29, 1.82) is 0 Å². The third-order valence-electron chi connectivity index (χ3n) is 3.16. The minimum atomic E-state index is -0.949. The molecule has 10 nitrogen and oxygen atoms in total. The number of hydrogen-bond acceptors (Lipinski definition) is 6. The van der Waals surface area contributed by atoms with Crippen LogP contribution in [0.25, 0.3) is 0 Å². The van der Waals surface area contributed by atoms with Gasteiger partial charge >= 0.3 is 11.9 Å². The minimum absolute atomic E-state index is 0.162. The highest BCUT2D eigenvalue weighted by Gasteiger charge is 2.15. The lowest BCUT2D eigenvalue weighted by Crippen LogP contribution is -2.35. The van der Waals surface area contributed by atoms with Crippen molar-refractivity contribution in [3.8, 4) is 0 Å². The highest BCUT2D eigenvalue weighted by atomic mass is 16.4. The SMILES string of the molecule is O=C(O)CN(CCCN(CC(=O)O)c1cnc[nH]1)c1cnc[nH]1. The third-order valence-corrected chi connectivity index (χ3v) is 3.16. The van der Waals surface area contributed by atoms with Crippen molar-refractivity contribution in [3.63, 3.8) is 0 Å². The summed E-state index contributed by atoms with van der Waals surface area (Å²) in [7, 11) is 0. The molecule has 0 radical (unpaired) electrons. The maximum absolute atomic E-state index is 11.0.